The lowest BCUT2D eigenvalue weighted by atomic mass is 9.75. The van der Waals surface area contributed by atoms with Crippen LogP contribution in [0.4, 0.5) is 20.2 Å². The van der Waals surface area contributed by atoms with E-state index in [4.69, 9.17) is 23.2 Å². The first-order chi connectivity index (χ1) is 20.4. The maximum Gasteiger partial charge on any atom is 0.288 e. The number of alkyl halides is 2. The number of allylic oxidation sites excluding steroid dienone is 4. The van der Waals surface area contributed by atoms with Gasteiger partial charge in [-0.1, -0.05) is 47.5 Å². The van der Waals surface area contributed by atoms with Gasteiger partial charge < -0.3 is 5.32 Å². The molecule has 3 aliphatic rings. The normalized spacial score (nSPS) is 30.2. The Kier molecular flexibility index (Phi) is 9.12. The molecule has 6 atom stereocenters. The van der Waals surface area contributed by atoms with Crippen molar-refractivity contribution in [1.82, 2.24) is 5.32 Å². The van der Waals surface area contributed by atoms with E-state index in [0.717, 1.165) is 9.81 Å². The number of hydrogen-bond donors (Lipinski definition) is 1. The van der Waals surface area contributed by atoms with Crippen LogP contribution in [0, 0.1) is 20.2 Å². The van der Waals surface area contributed by atoms with Crippen molar-refractivity contribution in [3.63, 3.8) is 0 Å². The molecule has 7 nitrogen and oxygen atoms in total. The molecular formula is C30H27Cl2F2N3O4S2. The number of benzene rings is 2. The number of nitrogens with one attached hydrogen (secondary N) is 1. The SMILES string of the molecule is CSC1=CC(c2ccc(Cl)c([N+](=O)[O-])c2)C(F)([C@H]2CC[C@H](C3(F)C=CC(SC)=CC3c3ccc(Cl)c([N+](=O)[O-])c3)N2)C=C1. The van der Waals surface area contributed by atoms with Gasteiger partial charge in [-0.05, 0) is 72.9 Å². The summed E-state index contributed by atoms with van der Waals surface area (Å²) in [6.45, 7) is 0. The lowest BCUT2D eigenvalue weighted by Gasteiger charge is -2.40. The molecule has 1 saturated heterocycles. The predicted octanol–water partition coefficient (Wildman–Crippen LogP) is 8.85. The molecule has 1 heterocycles. The molecule has 0 saturated carbocycles. The van der Waals surface area contributed by atoms with Crippen LogP contribution in [0.5, 0.6) is 0 Å². The average molecular weight is 667 g/mol. The number of nitro benzene ring substituents is 2. The number of halogens is 4. The fourth-order valence-corrected chi connectivity index (χ4v) is 7.46. The van der Waals surface area contributed by atoms with Gasteiger partial charge >= 0.3 is 0 Å². The molecule has 1 N–H and O–H groups in total. The second-order valence-corrected chi connectivity index (χ2v) is 13.2. The van der Waals surface area contributed by atoms with Crippen LogP contribution in [0.1, 0.15) is 35.8 Å². The van der Waals surface area contributed by atoms with Crippen molar-refractivity contribution in [2.45, 2.75) is 48.1 Å². The van der Waals surface area contributed by atoms with E-state index in [0.29, 0.717) is 11.1 Å². The van der Waals surface area contributed by atoms with Crippen molar-refractivity contribution < 1.29 is 18.6 Å². The van der Waals surface area contributed by atoms with Gasteiger partial charge in [0.15, 0.2) is 11.3 Å². The molecule has 0 bridgehead atoms. The summed E-state index contributed by atoms with van der Waals surface area (Å²) in [6.07, 6.45) is 14.0. The van der Waals surface area contributed by atoms with Gasteiger partial charge in [0.05, 0.1) is 9.85 Å². The van der Waals surface area contributed by atoms with Crippen LogP contribution < -0.4 is 5.32 Å². The zero-order valence-electron chi connectivity index (χ0n) is 23.0. The molecule has 5 rings (SSSR count). The second-order valence-electron chi connectivity index (χ2n) is 10.6. The summed E-state index contributed by atoms with van der Waals surface area (Å²) in [5.41, 5.74) is -3.96. The molecule has 0 radical (unpaired) electrons. The van der Waals surface area contributed by atoms with E-state index in [-0.39, 0.29) is 34.3 Å². The number of nitrogens with zero attached hydrogens (tertiary/aromatic N) is 2. The van der Waals surface area contributed by atoms with Crippen molar-refractivity contribution in [3.05, 3.63) is 124 Å². The fraction of sp³-hybridized carbons (Fsp3) is 0.333. The minimum absolute atomic E-state index is 0.0488. The largest absolute Gasteiger partial charge is 0.304 e. The maximum atomic E-state index is 17.3. The van der Waals surface area contributed by atoms with E-state index in [1.165, 1.54) is 59.9 Å². The molecule has 0 amide bonds. The molecule has 13 heteroatoms. The minimum Gasteiger partial charge on any atom is -0.304 e. The summed E-state index contributed by atoms with van der Waals surface area (Å²) in [5, 5.41) is 26.3. The highest BCUT2D eigenvalue weighted by Crippen LogP contribution is 2.50. The molecule has 0 aromatic heterocycles. The van der Waals surface area contributed by atoms with E-state index in [2.05, 4.69) is 5.32 Å². The number of nitro groups is 2. The summed E-state index contributed by atoms with van der Waals surface area (Å²) in [4.78, 5) is 23.6. The van der Waals surface area contributed by atoms with Crippen LogP contribution in [0.2, 0.25) is 10.0 Å². The van der Waals surface area contributed by atoms with Gasteiger partial charge in [0.1, 0.15) is 10.0 Å². The summed E-state index contributed by atoms with van der Waals surface area (Å²) in [5.74, 6) is -1.80. The smallest absolute Gasteiger partial charge is 0.288 e. The van der Waals surface area contributed by atoms with Gasteiger partial charge in [-0.25, -0.2) is 8.78 Å². The van der Waals surface area contributed by atoms with Crippen LogP contribution >= 0.6 is 46.7 Å². The van der Waals surface area contributed by atoms with Crippen molar-refractivity contribution in [2.75, 3.05) is 12.5 Å². The third kappa shape index (κ3) is 5.90. The molecule has 2 aliphatic carbocycles. The van der Waals surface area contributed by atoms with Crippen molar-refractivity contribution in [1.29, 1.82) is 0 Å². The summed E-state index contributed by atoms with van der Waals surface area (Å²) in [7, 11) is 0. The van der Waals surface area contributed by atoms with Crippen LogP contribution in [-0.4, -0.2) is 45.8 Å². The van der Waals surface area contributed by atoms with E-state index < -0.39 is 45.1 Å². The van der Waals surface area contributed by atoms with Crippen LogP contribution in [0.25, 0.3) is 0 Å². The van der Waals surface area contributed by atoms with Crippen molar-refractivity contribution >= 4 is 58.1 Å². The third-order valence-corrected chi connectivity index (χ3v) is 10.5. The van der Waals surface area contributed by atoms with Crippen LogP contribution in [-0.2, 0) is 0 Å². The second kappa shape index (κ2) is 12.4. The van der Waals surface area contributed by atoms with E-state index in [1.54, 1.807) is 36.4 Å². The fourth-order valence-electron chi connectivity index (χ4n) is 6.13. The van der Waals surface area contributed by atoms with Crippen molar-refractivity contribution in [3.8, 4) is 0 Å². The first-order valence-electron chi connectivity index (χ1n) is 13.3. The summed E-state index contributed by atoms with van der Waals surface area (Å²) < 4.78 is 34.6. The highest BCUT2D eigenvalue weighted by atomic mass is 35.5. The van der Waals surface area contributed by atoms with Gasteiger partial charge in [0.25, 0.3) is 11.4 Å². The first kappa shape index (κ1) is 31.7. The summed E-state index contributed by atoms with van der Waals surface area (Å²) in [6, 6.07) is 6.85. The molecule has 0 spiro atoms. The molecule has 1 aliphatic heterocycles. The number of rotatable bonds is 8. The molecule has 43 heavy (non-hydrogen) atoms. The van der Waals surface area contributed by atoms with Gasteiger partial charge in [-0.2, -0.15) is 0 Å². The van der Waals surface area contributed by atoms with Crippen LogP contribution in [0.15, 0.2) is 82.7 Å². The predicted molar refractivity (Wildman–Crippen MR) is 171 cm³/mol. The Labute approximate surface area is 265 Å². The quantitative estimate of drug-likeness (QED) is 0.222. The van der Waals surface area contributed by atoms with E-state index >= 15 is 8.78 Å². The summed E-state index contributed by atoms with van der Waals surface area (Å²) >= 11 is 14.9. The molecule has 226 valence electrons. The highest BCUT2D eigenvalue weighted by Gasteiger charge is 2.54. The topological polar surface area (TPSA) is 98.3 Å². The third-order valence-electron chi connectivity index (χ3n) is 8.36. The Morgan fingerprint density at radius 3 is 1.53 bits per heavy atom. The lowest BCUT2D eigenvalue weighted by Crippen LogP contribution is -2.54. The zero-order valence-corrected chi connectivity index (χ0v) is 26.2. The van der Waals surface area contributed by atoms with Gasteiger partial charge in [-0.15, -0.1) is 23.5 Å². The molecular weight excluding hydrogens is 639 g/mol. The maximum absolute atomic E-state index is 17.3. The van der Waals surface area contributed by atoms with Gasteiger partial charge in [0.2, 0.25) is 0 Å². The van der Waals surface area contributed by atoms with Crippen LogP contribution in [0.3, 0.4) is 0 Å². The lowest BCUT2D eigenvalue weighted by molar-refractivity contribution is -0.384. The Balaban J connectivity index is 1.50. The average Bonchev–Trinajstić information content (AvgIpc) is 3.50. The molecule has 4 unspecified atom stereocenters. The Morgan fingerprint density at radius 1 is 0.791 bits per heavy atom. The number of thioether (sulfide) groups is 2. The monoisotopic (exact) mass is 665 g/mol. The van der Waals surface area contributed by atoms with E-state index in [1.807, 2.05) is 12.5 Å². The Hall–Kier alpha value is -2.70. The van der Waals surface area contributed by atoms with E-state index in [9.17, 15) is 20.2 Å². The zero-order chi connectivity index (χ0) is 31.1. The van der Waals surface area contributed by atoms with Crippen molar-refractivity contribution in [2.24, 2.45) is 0 Å². The standard InChI is InChI=1S/C30H27Cl2F2N3O4S2/c1-42-19-9-11-29(33,21(15-19)17-3-5-23(31)25(13-17)36(38)39)27-7-8-28(35-27)30(34)12-10-20(43-2)16-22(30)18-4-6-24(32)26(14-18)37(40)41/h3-6,9-16,21-22,27-28,35H,7-8H2,1-2H3/t21?,22?,27-,28-,29?,30?/m1/s1. The first-order valence-corrected chi connectivity index (χ1v) is 16.5. The molecule has 1 fully saturated rings. The van der Waals surface area contributed by atoms with Gasteiger partial charge in [-0.3, -0.25) is 20.2 Å². The highest BCUT2D eigenvalue weighted by molar-refractivity contribution is 8.02. The van der Waals surface area contributed by atoms with Gasteiger partial charge in [0, 0.05) is 45.9 Å². The number of hydrogen-bond acceptors (Lipinski definition) is 7. The Bertz CT molecular complexity index is 1490. The molecule has 2 aromatic rings. The molecule has 2 aromatic carbocycles. The Morgan fingerprint density at radius 2 is 1.19 bits per heavy atom. The minimum atomic E-state index is -2.04.